The summed E-state index contributed by atoms with van der Waals surface area (Å²) in [7, 11) is 0. The van der Waals surface area contributed by atoms with Gasteiger partial charge in [0.15, 0.2) is 0 Å². The fourth-order valence-electron chi connectivity index (χ4n) is 4.27. The summed E-state index contributed by atoms with van der Waals surface area (Å²) >= 11 is 0. The molecule has 0 spiro atoms. The van der Waals surface area contributed by atoms with Crippen molar-refractivity contribution >= 4 is 0 Å². The van der Waals surface area contributed by atoms with Gasteiger partial charge in [-0.25, -0.2) is 0 Å². The summed E-state index contributed by atoms with van der Waals surface area (Å²) in [6.07, 6.45) is 8.68. The van der Waals surface area contributed by atoms with Crippen LogP contribution in [0.3, 0.4) is 0 Å². The molecule has 1 saturated carbocycles. The average molecular weight is 250 g/mol. The third kappa shape index (κ3) is 2.60. The van der Waals surface area contributed by atoms with Gasteiger partial charge in [-0.15, -0.1) is 0 Å². The van der Waals surface area contributed by atoms with Gasteiger partial charge in [0, 0.05) is 12.1 Å². The van der Waals surface area contributed by atoms with E-state index in [-0.39, 0.29) is 0 Å². The summed E-state index contributed by atoms with van der Waals surface area (Å²) in [6.45, 7) is 8.79. The van der Waals surface area contributed by atoms with E-state index in [1.54, 1.807) is 0 Å². The molecule has 1 unspecified atom stereocenters. The Hall–Kier alpha value is -0.0800. The molecule has 1 atom stereocenters. The van der Waals surface area contributed by atoms with E-state index in [4.69, 9.17) is 0 Å². The van der Waals surface area contributed by atoms with Crippen molar-refractivity contribution < 1.29 is 0 Å². The summed E-state index contributed by atoms with van der Waals surface area (Å²) < 4.78 is 0. The lowest BCUT2D eigenvalue weighted by atomic mass is 9.72. The van der Waals surface area contributed by atoms with E-state index in [0.29, 0.717) is 0 Å². The SMILES string of the molecule is CC(C)C1CC(N2CCC(C3CCCN3)CC2)C1. The summed E-state index contributed by atoms with van der Waals surface area (Å²) in [5.74, 6) is 2.90. The number of rotatable bonds is 3. The second-order valence-electron chi connectivity index (χ2n) is 7.21. The molecule has 2 heteroatoms. The Morgan fingerprint density at radius 3 is 2.33 bits per heavy atom. The van der Waals surface area contributed by atoms with E-state index in [0.717, 1.165) is 29.8 Å². The van der Waals surface area contributed by atoms with Crippen LogP contribution in [0.2, 0.25) is 0 Å². The third-order valence-electron chi connectivity index (χ3n) is 5.85. The van der Waals surface area contributed by atoms with E-state index in [2.05, 4.69) is 24.1 Å². The number of hydrogen-bond donors (Lipinski definition) is 1. The van der Waals surface area contributed by atoms with Gasteiger partial charge in [0.25, 0.3) is 0 Å². The largest absolute Gasteiger partial charge is 0.314 e. The van der Waals surface area contributed by atoms with Crippen molar-refractivity contribution in [2.75, 3.05) is 19.6 Å². The molecular formula is C16H30N2. The number of likely N-dealkylation sites (tertiary alicyclic amines) is 1. The highest BCUT2D eigenvalue weighted by Gasteiger charge is 2.37. The number of nitrogens with one attached hydrogen (secondary N) is 1. The van der Waals surface area contributed by atoms with Gasteiger partial charge in [-0.3, -0.25) is 0 Å². The highest BCUT2D eigenvalue weighted by Crippen LogP contribution is 2.38. The highest BCUT2D eigenvalue weighted by atomic mass is 15.2. The van der Waals surface area contributed by atoms with Gasteiger partial charge in [0.2, 0.25) is 0 Å². The van der Waals surface area contributed by atoms with Crippen LogP contribution >= 0.6 is 0 Å². The van der Waals surface area contributed by atoms with E-state index in [1.807, 2.05) is 0 Å². The minimum absolute atomic E-state index is 0.858. The van der Waals surface area contributed by atoms with Crippen LogP contribution in [-0.2, 0) is 0 Å². The monoisotopic (exact) mass is 250 g/mol. The second kappa shape index (κ2) is 5.50. The van der Waals surface area contributed by atoms with Crippen molar-refractivity contribution in [2.24, 2.45) is 17.8 Å². The van der Waals surface area contributed by atoms with Gasteiger partial charge >= 0.3 is 0 Å². The standard InChI is InChI=1S/C16H30N2/c1-12(2)14-10-15(11-14)18-8-5-13(6-9-18)16-4-3-7-17-16/h12-17H,3-11H2,1-2H3. The summed E-state index contributed by atoms with van der Waals surface area (Å²) in [6, 6.07) is 1.80. The van der Waals surface area contributed by atoms with Crippen LogP contribution in [0, 0.1) is 17.8 Å². The van der Waals surface area contributed by atoms with E-state index >= 15 is 0 Å². The van der Waals surface area contributed by atoms with Crippen molar-refractivity contribution in [1.82, 2.24) is 10.2 Å². The van der Waals surface area contributed by atoms with Crippen molar-refractivity contribution in [1.29, 1.82) is 0 Å². The molecule has 0 amide bonds. The Balaban J connectivity index is 1.41. The molecule has 0 aromatic heterocycles. The maximum absolute atomic E-state index is 3.70. The maximum atomic E-state index is 3.70. The van der Waals surface area contributed by atoms with E-state index in [9.17, 15) is 0 Å². The summed E-state index contributed by atoms with van der Waals surface area (Å²) in [4.78, 5) is 2.80. The molecule has 1 N–H and O–H groups in total. The van der Waals surface area contributed by atoms with Crippen LogP contribution in [-0.4, -0.2) is 36.6 Å². The molecule has 3 aliphatic rings. The molecule has 104 valence electrons. The zero-order chi connectivity index (χ0) is 12.5. The van der Waals surface area contributed by atoms with Crippen LogP contribution in [0.4, 0.5) is 0 Å². The maximum Gasteiger partial charge on any atom is 0.0101 e. The average Bonchev–Trinajstić information content (AvgIpc) is 2.81. The first-order valence-corrected chi connectivity index (χ1v) is 8.21. The first-order valence-electron chi connectivity index (χ1n) is 8.21. The highest BCUT2D eigenvalue weighted by molar-refractivity contribution is 4.92. The van der Waals surface area contributed by atoms with E-state index in [1.165, 1.54) is 58.2 Å². The van der Waals surface area contributed by atoms with Gasteiger partial charge < -0.3 is 10.2 Å². The Morgan fingerprint density at radius 2 is 1.78 bits per heavy atom. The van der Waals surface area contributed by atoms with Crippen molar-refractivity contribution in [3.05, 3.63) is 0 Å². The van der Waals surface area contributed by atoms with Crippen LogP contribution in [0.5, 0.6) is 0 Å². The molecule has 3 rings (SSSR count). The molecule has 2 aliphatic heterocycles. The third-order valence-corrected chi connectivity index (χ3v) is 5.85. The van der Waals surface area contributed by atoms with Crippen LogP contribution in [0.15, 0.2) is 0 Å². The lowest BCUT2D eigenvalue weighted by Gasteiger charge is -2.47. The zero-order valence-corrected chi connectivity index (χ0v) is 12.2. The lowest BCUT2D eigenvalue weighted by Crippen LogP contribution is -2.50. The van der Waals surface area contributed by atoms with Gasteiger partial charge in [-0.2, -0.15) is 0 Å². The van der Waals surface area contributed by atoms with Gasteiger partial charge in [-0.05, 0) is 75.9 Å². The molecule has 0 bridgehead atoms. The zero-order valence-electron chi connectivity index (χ0n) is 12.2. The molecule has 1 aliphatic carbocycles. The number of piperidine rings is 1. The van der Waals surface area contributed by atoms with Gasteiger partial charge in [-0.1, -0.05) is 13.8 Å². The van der Waals surface area contributed by atoms with Crippen molar-refractivity contribution in [2.45, 2.75) is 64.5 Å². The molecule has 2 saturated heterocycles. The predicted octanol–water partition coefficient (Wildman–Crippen LogP) is 2.89. The molecule has 3 fully saturated rings. The summed E-state index contributed by atoms with van der Waals surface area (Å²) in [5, 5.41) is 3.70. The molecular weight excluding hydrogens is 220 g/mol. The van der Waals surface area contributed by atoms with Crippen molar-refractivity contribution in [3.8, 4) is 0 Å². The van der Waals surface area contributed by atoms with Crippen LogP contribution in [0.25, 0.3) is 0 Å². The van der Waals surface area contributed by atoms with E-state index < -0.39 is 0 Å². The number of hydrogen-bond acceptors (Lipinski definition) is 2. The Labute approximate surface area is 113 Å². The first kappa shape index (κ1) is 12.9. The topological polar surface area (TPSA) is 15.3 Å². The van der Waals surface area contributed by atoms with Crippen LogP contribution < -0.4 is 5.32 Å². The van der Waals surface area contributed by atoms with Crippen LogP contribution in [0.1, 0.15) is 52.4 Å². The van der Waals surface area contributed by atoms with Crippen molar-refractivity contribution in [3.63, 3.8) is 0 Å². The molecule has 0 aromatic carbocycles. The lowest BCUT2D eigenvalue weighted by molar-refractivity contribution is 0.0275. The molecule has 0 aromatic rings. The molecule has 2 nitrogen and oxygen atoms in total. The molecule has 18 heavy (non-hydrogen) atoms. The molecule has 0 radical (unpaired) electrons. The minimum Gasteiger partial charge on any atom is -0.314 e. The predicted molar refractivity (Wildman–Crippen MR) is 76.7 cm³/mol. The normalized spacial score (nSPS) is 39.2. The fraction of sp³-hybridized carbons (Fsp3) is 1.00. The van der Waals surface area contributed by atoms with Gasteiger partial charge in [0.1, 0.15) is 0 Å². The Kier molecular flexibility index (Phi) is 3.95. The first-order chi connectivity index (χ1) is 8.74. The minimum atomic E-state index is 0.858. The van der Waals surface area contributed by atoms with Gasteiger partial charge in [0.05, 0.1) is 0 Å². The quantitative estimate of drug-likeness (QED) is 0.828. The Morgan fingerprint density at radius 1 is 1.06 bits per heavy atom. The summed E-state index contributed by atoms with van der Waals surface area (Å²) in [5.41, 5.74) is 0. The Bertz CT molecular complexity index is 256. The smallest absolute Gasteiger partial charge is 0.0101 e. The number of nitrogens with zero attached hydrogens (tertiary/aromatic N) is 1. The fourth-order valence-corrected chi connectivity index (χ4v) is 4.27. The molecule has 2 heterocycles. The second-order valence-corrected chi connectivity index (χ2v) is 7.21.